The summed E-state index contributed by atoms with van der Waals surface area (Å²) < 4.78 is 5.77. The van der Waals surface area contributed by atoms with Gasteiger partial charge in [0.1, 0.15) is 17.2 Å². The molecule has 3 aromatic carbocycles. The first-order valence-electron chi connectivity index (χ1n) is 9.16. The molecular formula is C23H22N2O4. The predicted molar refractivity (Wildman–Crippen MR) is 111 cm³/mol. The molecule has 0 aliphatic rings. The molecular weight excluding hydrogens is 368 g/mol. The van der Waals surface area contributed by atoms with E-state index >= 15 is 0 Å². The number of ether oxygens (including phenoxy) is 1. The molecule has 0 saturated carbocycles. The molecule has 0 bridgehead atoms. The van der Waals surface area contributed by atoms with Crippen LogP contribution in [0.3, 0.4) is 0 Å². The van der Waals surface area contributed by atoms with Crippen LogP contribution in [0.5, 0.6) is 17.2 Å². The van der Waals surface area contributed by atoms with E-state index in [4.69, 9.17) is 4.74 Å². The third-order valence-corrected chi connectivity index (χ3v) is 4.26. The second-order valence-corrected chi connectivity index (χ2v) is 6.69. The van der Waals surface area contributed by atoms with Gasteiger partial charge in [-0.05, 0) is 73.5 Å². The van der Waals surface area contributed by atoms with Gasteiger partial charge in [-0.25, -0.2) is 0 Å². The molecule has 0 unspecified atom stereocenters. The van der Waals surface area contributed by atoms with Gasteiger partial charge < -0.3 is 20.5 Å². The third-order valence-electron chi connectivity index (χ3n) is 4.26. The van der Waals surface area contributed by atoms with Gasteiger partial charge >= 0.3 is 11.8 Å². The highest BCUT2D eigenvalue weighted by atomic mass is 16.5. The van der Waals surface area contributed by atoms with Crippen LogP contribution in [0.15, 0.2) is 72.8 Å². The van der Waals surface area contributed by atoms with E-state index in [9.17, 15) is 14.7 Å². The molecule has 0 aliphatic carbocycles. The van der Waals surface area contributed by atoms with Gasteiger partial charge in [0.2, 0.25) is 0 Å². The molecule has 3 N–H and O–H groups in total. The fourth-order valence-electron chi connectivity index (χ4n) is 2.75. The normalized spacial score (nSPS) is 11.4. The summed E-state index contributed by atoms with van der Waals surface area (Å²) in [5, 5.41) is 14.7. The fraction of sp³-hybridized carbons (Fsp3) is 0.130. The van der Waals surface area contributed by atoms with E-state index < -0.39 is 17.9 Å². The van der Waals surface area contributed by atoms with Crippen molar-refractivity contribution in [2.75, 3.05) is 5.32 Å². The molecule has 6 heteroatoms. The summed E-state index contributed by atoms with van der Waals surface area (Å²) in [6.07, 6.45) is 0. The topological polar surface area (TPSA) is 87.7 Å². The number of aryl methyl sites for hydroxylation is 1. The van der Waals surface area contributed by atoms with Crippen LogP contribution in [0.25, 0.3) is 0 Å². The number of anilines is 1. The predicted octanol–water partition coefficient (Wildman–Crippen LogP) is 4.31. The molecule has 1 atom stereocenters. The number of aromatic hydroxyl groups is 1. The monoisotopic (exact) mass is 390 g/mol. The maximum Gasteiger partial charge on any atom is 0.313 e. The second-order valence-electron chi connectivity index (χ2n) is 6.69. The minimum absolute atomic E-state index is 0.0982. The highest BCUT2D eigenvalue weighted by molar-refractivity contribution is 6.39. The smallest absolute Gasteiger partial charge is 0.313 e. The largest absolute Gasteiger partial charge is 0.508 e. The van der Waals surface area contributed by atoms with Crippen LogP contribution in [0, 0.1) is 6.92 Å². The molecule has 0 fully saturated rings. The number of rotatable bonds is 5. The Morgan fingerprint density at radius 2 is 1.62 bits per heavy atom. The highest BCUT2D eigenvalue weighted by Crippen LogP contribution is 2.24. The van der Waals surface area contributed by atoms with E-state index in [0.717, 1.165) is 11.3 Å². The SMILES string of the molecule is Cc1cccc(Oc2ccc(NC(=O)C(=O)N[C@@H](C)c3cccc(O)c3)cc2)c1. The zero-order chi connectivity index (χ0) is 20.8. The lowest BCUT2D eigenvalue weighted by atomic mass is 10.1. The van der Waals surface area contributed by atoms with Crippen LogP contribution >= 0.6 is 0 Å². The Bertz CT molecular complexity index is 1020. The number of amides is 2. The van der Waals surface area contributed by atoms with Crippen LogP contribution in [0.4, 0.5) is 5.69 Å². The lowest BCUT2D eigenvalue weighted by Gasteiger charge is -2.14. The molecule has 148 valence electrons. The molecule has 3 rings (SSSR count). The van der Waals surface area contributed by atoms with E-state index in [1.54, 1.807) is 43.3 Å². The summed E-state index contributed by atoms with van der Waals surface area (Å²) in [6, 6.07) is 20.5. The van der Waals surface area contributed by atoms with Gasteiger partial charge in [-0.2, -0.15) is 0 Å². The Morgan fingerprint density at radius 1 is 0.897 bits per heavy atom. The Kier molecular flexibility index (Phi) is 6.14. The number of carbonyl (C=O) groups excluding carboxylic acids is 2. The van der Waals surface area contributed by atoms with Crippen molar-refractivity contribution in [1.82, 2.24) is 5.32 Å². The maximum atomic E-state index is 12.2. The zero-order valence-electron chi connectivity index (χ0n) is 16.2. The molecule has 0 aromatic heterocycles. The molecule has 2 amide bonds. The van der Waals surface area contributed by atoms with E-state index in [1.165, 1.54) is 12.1 Å². The van der Waals surface area contributed by atoms with E-state index in [0.29, 0.717) is 17.0 Å². The first-order valence-corrected chi connectivity index (χ1v) is 9.16. The minimum Gasteiger partial charge on any atom is -0.508 e. The van der Waals surface area contributed by atoms with Crippen molar-refractivity contribution in [3.8, 4) is 17.2 Å². The van der Waals surface area contributed by atoms with Crippen molar-refractivity contribution >= 4 is 17.5 Å². The molecule has 0 saturated heterocycles. The average Bonchev–Trinajstić information content (AvgIpc) is 2.69. The number of phenolic OH excluding ortho intramolecular Hbond substituents is 1. The Labute approximate surface area is 169 Å². The number of hydrogen-bond donors (Lipinski definition) is 3. The van der Waals surface area contributed by atoms with Gasteiger partial charge in [-0.1, -0.05) is 24.3 Å². The molecule has 29 heavy (non-hydrogen) atoms. The van der Waals surface area contributed by atoms with Crippen LogP contribution in [0.2, 0.25) is 0 Å². The van der Waals surface area contributed by atoms with Gasteiger partial charge in [0.25, 0.3) is 0 Å². The van der Waals surface area contributed by atoms with E-state index in [1.807, 2.05) is 31.2 Å². The molecule has 0 heterocycles. The van der Waals surface area contributed by atoms with Crippen LogP contribution in [0.1, 0.15) is 24.1 Å². The number of benzene rings is 3. The third kappa shape index (κ3) is 5.59. The summed E-state index contributed by atoms with van der Waals surface area (Å²) in [5.41, 5.74) is 2.27. The van der Waals surface area contributed by atoms with Gasteiger partial charge in [0.15, 0.2) is 0 Å². The Hall–Kier alpha value is -3.80. The lowest BCUT2D eigenvalue weighted by molar-refractivity contribution is -0.136. The Balaban J connectivity index is 1.56. The average molecular weight is 390 g/mol. The first kappa shape index (κ1) is 19.9. The van der Waals surface area contributed by atoms with Crippen LogP contribution in [-0.2, 0) is 9.59 Å². The first-order chi connectivity index (χ1) is 13.9. The van der Waals surface area contributed by atoms with Crippen molar-refractivity contribution in [3.63, 3.8) is 0 Å². The molecule has 0 spiro atoms. The summed E-state index contributed by atoms with van der Waals surface area (Å²) in [5.74, 6) is -0.0936. The van der Waals surface area contributed by atoms with Crippen molar-refractivity contribution in [3.05, 3.63) is 83.9 Å². The molecule has 0 aliphatic heterocycles. The minimum atomic E-state index is -0.774. The molecule has 3 aromatic rings. The summed E-state index contributed by atoms with van der Waals surface area (Å²) in [4.78, 5) is 24.3. The highest BCUT2D eigenvalue weighted by Gasteiger charge is 2.17. The number of carbonyl (C=O) groups is 2. The number of phenols is 1. The number of hydrogen-bond acceptors (Lipinski definition) is 4. The van der Waals surface area contributed by atoms with Crippen molar-refractivity contribution in [2.45, 2.75) is 19.9 Å². The maximum absolute atomic E-state index is 12.2. The standard InChI is InChI=1S/C23H22N2O4/c1-15-5-3-8-21(13-15)29-20-11-9-18(10-12-20)25-23(28)22(27)24-16(2)17-6-4-7-19(26)14-17/h3-14,16,26H,1-2H3,(H,24,27)(H,25,28)/t16-/m0/s1. The summed E-state index contributed by atoms with van der Waals surface area (Å²) in [6.45, 7) is 3.72. The summed E-state index contributed by atoms with van der Waals surface area (Å²) >= 11 is 0. The van der Waals surface area contributed by atoms with E-state index in [2.05, 4.69) is 10.6 Å². The van der Waals surface area contributed by atoms with Crippen molar-refractivity contribution in [2.24, 2.45) is 0 Å². The van der Waals surface area contributed by atoms with E-state index in [-0.39, 0.29) is 5.75 Å². The quantitative estimate of drug-likeness (QED) is 0.567. The van der Waals surface area contributed by atoms with Crippen LogP contribution in [-0.4, -0.2) is 16.9 Å². The van der Waals surface area contributed by atoms with Gasteiger partial charge in [0.05, 0.1) is 6.04 Å². The van der Waals surface area contributed by atoms with Gasteiger partial charge in [-0.15, -0.1) is 0 Å². The van der Waals surface area contributed by atoms with Crippen molar-refractivity contribution < 1.29 is 19.4 Å². The van der Waals surface area contributed by atoms with Crippen LogP contribution < -0.4 is 15.4 Å². The second kappa shape index (κ2) is 8.93. The molecule has 6 nitrogen and oxygen atoms in total. The van der Waals surface area contributed by atoms with Crippen molar-refractivity contribution in [1.29, 1.82) is 0 Å². The zero-order valence-corrected chi connectivity index (χ0v) is 16.2. The number of nitrogens with one attached hydrogen (secondary N) is 2. The van der Waals surface area contributed by atoms with Gasteiger partial charge in [0, 0.05) is 5.69 Å². The lowest BCUT2D eigenvalue weighted by Crippen LogP contribution is -2.36. The molecule has 0 radical (unpaired) electrons. The van der Waals surface area contributed by atoms with Gasteiger partial charge in [-0.3, -0.25) is 9.59 Å². The Morgan fingerprint density at radius 3 is 2.31 bits per heavy atom. The fourth-order valence-corrected chi connectivity index (χ4v) is 2.75. The summed E-state index contributed by atoms with van der Waals surface area (Å²) in [7, 11) is 0.